The van der Waals surface area contributed by atoms with E-state index in [-0.39, 0.29) is 17.4 Å². The standard InChI is InChI=1S/C13H14N4O4/c1-14-6-9-7-15-13(16-8-9)21-12-5-10(17(18)19)3-4-11(12)20-2/h3-5,7-8,14H,6H2,1-2H3. The van der Waals surface area contributed by atoms with E-state index in [1.807, 2.05) is 7.05 Å². The summed E-state index contributed by atoms with van der Waals surface area (Å²) >= 11 is 0. The van der Waals surface area contributed by atoms with E-state index >= 15 is 0 Å². The fourth-order valence-electron chi connectivity index (χ4n) is 1.65. The van der Waals surface area contributed by atoms with Crippen molar-refractivity contribution in [3.05, 3.63) is 46.3 Å². The molecule has 0 amide bonds. The van der Waals surface area contributed by atoms with Gasteiger partial charge in [-0.15, -0.1) is 0 Å². The van der Waals surface area contributed by atoms with Crippen LogP contribution < -0.4 is 14.8 Å². The van der Waals surface area contributed by atoms with Gasteiger partial charge in [0.05, 0.1) is 18.1 Å². The quantitative estimate of drug-likeness (QED) is 0.640. The third-order valence-electron chi connectivity index (χ3n) is 2.62. The maximum atomic E-state index is 10.8. The van der Waals surface area contributed by atoms with Crippen LogP contribution in [0.5, 0.6) is 17.5 Å². The highest BCUT2D eigenvalue weighted by Gasteiger charge is 2.14. The van der Waals surface area contributed by atoms with Crippen LogP contribution in [0.4, 0.5) is 5.69 Å². The molecule has 1 heterocycles. The van der Waals surface area contributed by atoms with Gasteiger partial charge in [0.15, 0.2) is 11.5 Å². The summed E-state index contributed by atoms with van der Waals surface area (Å²) in [5.41, 5.74) is 0.800. The molecule has 0 saturated heterocycles. The summed E-state index contributed by atoms with van der Waals surface area (Å²) < 4.78 is 10.6. The largest absolute Gasteiger partial charge is 0.493 e. The Bertz CT molecular complexity index is 631. The van der Waals surface area contributed by atoms with Crippen molar-refractivity contribution < 1.29 is 14.4 Å². The molecule has 0 aliphatic rings. The molecule has 1 N–H and O–H groups in total. The number of methoxy groups -OCH3 is 1. The molecule has 110 valence electrons. The topological polar surface area (TPSA) is 99.4 Å². The summed E-state index contributed by atoms with van der Waals surface area (Å²) in [6.45, 7) is 0.639. The number of nitrogens with one attached hydrogen (secondary N) is 1. The highest BCUT2D eigenvalue weighted by atomic mass is 16.6. The van der Waals surface area contributed by atoms with Gasteiger partial charge in [-0.2, -0.15) is 0 Å². The number of hydrogen-bond donors (Lipinski definition) is 1. The van der Waals surface area contributed by atoms with Crippen LogP contribution in [-0.2, 0) is 6.54 Å². The van der Waals surface area contributed by atoms with Crippen LogP contribution in [0.25, 0.3) is 0 Å². The molecule has 8 nitrogen and oxygen atoms in total. The van der Waals surface area contributed by atoms with E-state index in [1.165, 1.54) is 25.3 Å². The lowest BCUT2D eigenvalue weighted by Gasteiger charge is -2.08. The van der Waals surface area contributed by atoms with Gasteiger partial charge in [0.25, 0.3) is 5.69 Å². The number of nitro groups is 1. The number of ether oxygens (including phenoxy) is 2. The van der Waals surface area contributed by atoms with Crippen LogP contribution in [-0.4, -0.2) is 29.0 Å². The van der Waals surface area contributed by atoms with Crippen LogP contribution in [0.2, 0.25) is 0 Å². The molecule has 0 aliphatic carbocycles. The van der Waals surface area contributed by atoms with Crippen LogP contribution in [0.15, 0.2) is 30.6 Å². The van der Waals surface area contributed by atoms with E-state index in [1.54, 1.807) is 12.4 Å². The Morgan fingerprint density at radius 1 is 1.29 bits per heavy atom. The van der Waals surface area contributed by atoms with Crippen molar-refractivity contribution in [2.45, 2.75) is 6.54 Å². The summed E-state index contributed by atoms with van der Waals surface area (Å²) in [6.07, 6.45) is 3.23. The Hall–Kier alpha value is -2.74. The predicted octanol–water partition coefficient (Wildman–Crippen LogP) is 1.91. The molecule has 0 fully saturated rings. The molecule has 0 spiro atoms. The van der Waals surface area contributed by atoms with Crippen molar-refractivity contribution in [1.82, 2.24) is 15.3 Å². The minimum absolute atomic E-state index is 0.0913. The van der Waals surface area contributed by atoms with Crippen molar-refractivity contribution in [3.63, 3.8) is 0 Å². The third kappa shape index (κ3) is 3.63. The Kier molecular flexibility index (Phi) is 4.62. The van der Waals surface area contributed by atoms with Crippen LogP contribution in [0.3, 0.4) is 0 Å². The number of nitrogens with zero attached hydrogens (tertiary/aromatic N) is 3. The lowest BCUT2D eigenvalue weighted by Crippen LogP contribution is -2.06. The van der Waals surface area contributed by atoms with Crippen LogP contribution >= 0.6 is 0 Å². The zero-order chi connectivity index (χ0) is 15.2. The summed E-state index contributed by atoms with van der Waals surface area (Å²) in [6, 6.07) is 4.16. The lowest BCUT2D eigenvalue weighted by atomic mass is 10.3. The lowest BCUT2D eigenvalue weighted by molar-refractivity contribution is -0.384. The zero-order valence-corrected chi connectivity index (χ0v) is 11.6. The van der Waals surface area contributed by atoms with Crippen LogP contribution in [0, 0.1) is 10.1 Å². The fraction of sp³-hybridized carbons (Fsp3) is 0.231. The van der Waals surface area contributed by atoms with Crippen molar-refractivity contribution >= 4 is 5.69 Å². The molecule has 0 unspecified atom stereocenters. The maximum Gasteiger partial charge on any atom is 0.322 e. The minimum Gasteiger partial charge on any atom is -0.493 e. The molecule has 0 saturated carbocycles. The van der Waals surface area contributed by atoms with Gasteiger partial charge >= 0.3 is 6.01 Å². The summed E-state index contributed by atoms with van der Waals surface area (Å²) in [4.78, 5) is 18.4. The van der Waals surface area contributed by atoms with Crippen molar-refractivity contribution in [2.24, 2.45) is 0 Å². The van der Waals surface area contributed by atoms with E-state index in [2.05, 4.69) is 15.3 Å². The van der Waals surface area contributed by atoms with E-state index < -0.39 is 4.92 Å². The van der Waals surface area contributed by atoms with Gasteiger partial charge in [-0.1, -0.05) is 0 Å². The van der Waals surface area contributed by atoms with Crippen molar-refractivity contribution in [1.29, 1.82) is 0 Å². The number of hydrogen-bond acceptors (Lipinski definition) is 7. The average molecular weight is 290 g/mol. The Morgan fingerprint density at radius 2 is 2.00 bits per heavy atom. The summed E-state index contributed by atoms with van der Waals surface area (Å²) in [5.74, 6) is 0.552. The second kappa shape index (κ2) is 6.62. The molecule has 2 aromatic rings. The maximum absolute atomic E-state index is 10.8. The summed E-state index contributed by atoms with van der Waals surface area (Å²) in [5, 5.41) is 13.8. The number of non-ortho nitro benzene ring substituents is 1. The number of rotatable bonds is 6. The average Bonchev–Trinajstić information content (AvgIpc) is 2.49. The molecule has 1 aromatic carbocycles. The van der Waals surface area contributed by atoms with Gasteiger partial charge in [0, 0.05) is 30.6 Å². The van der Waals surface area contributed by atoms with Gasteiger partial charge in [0.1, 0.15) is 0 Å². The monoisotopic (exact) mass is 290 g/mol. The van der Waals surface area contributed by atoms with Gasteiger partial charge in [-0.3, -0.25) is 10.1 Å². The normalized spacial score (nSPS) is 10.2. The van der Waals surface area contributed by atoms with Gasteiger partial charge in [-0.25, -0.2) is 9.97 Å². The molecule has 1 aromatic heterocycles. The number of aromatic nitrogens is 2. The molecule has 0 radical (unpaired) electrons. The van der Waals surface area contributed by atoms with Crippen molar-refractivity contribution in [3.8, 4) is 17.5 Å². The highest BCUT2D eigenvalue weighted by molar-refractivity contribution is 5.49. The van der Waals surface area contributed by atoms with Gasteiger partial charge in [-0.05, 0) is 13.1 Å². The van der Waals surface area contributed by atoms with E-state index in [4.69, 9.17) is 9.47 Å². The molecule has 21 heavy (non-hydrogen) atoms. The first-order valence-electron chi connectivity index (χ1n) is 6.10. The van der Waals surface area contributed by atoms with E-state index in [0.29, 0.717) is 12.3 Å². The predicted molar refractivity (Wildman–Crippen MR) is 74.5 cm³/mol. The van der Waals surface area contributed by atoms with E-state index in [0.717, 1.165) is 5.56 Å². The van der Waals surface area contributed by atoms with Crippen LogP contribution in [0.1, 0.15) is 5.56 Å². The first-order chi connectivity index (χ1) is 10.1. The molecular weight excluding hydrogens is 276 g/mol. The molecule has 8 heteroatoms. The molecular formula is C13H14N4O4. The first kappa shape index (κ1) is 14.7. The molecule has 0 atom stereocenters. The second-order valence-electron chi connectivity index (χ2n) is 4.10. The second-order valence-corrected chi connectivity index (χ2v) is 4.10. The van der Waals surface area contributed by atoms with Gasteiger partial charge in [0.2, 0.25) is 0 Å². The molecule has 0 aliphatic heterocycles. The SMILES string of the molecule is CNCc1cnc(Oc2cc([N+](=O)[O-])ccc2OC)nc1. The highest BCUT2D eigenvalue weighted by Crippen LogP contribution is 2.33. The Morgan fingerprint density at radius 3 is 2.57 bits per heavy atom. The fourth-order valence-corrected chi connectivity index (χ4v) is 1.65. The zero-order valence-electron chi connectivity index (χ0n) is 11.6. The smallest absolute Gasteiger partial charge is 0.322 e. The molecule has 0 bridgehead atoms. The molecule has 2 rings (SSSR count). The Labute approximate surface area is 120 Å². The van der Waals surface area contributed by atoms with E-state index in [9.17, 15) is 10.1 Å². The third-order valence-corrected chi connectivity index (χ3v) is 2.62. The minimum atomic E-state index is -0.511. The number of nitro benzene ring substituents is 1. The summed E-state index contributed by atoms with van der Waals surface area (Å²) in [7, 11) is 3.27. The van der Waals surface area contributed by atoms with Gasteiger partial charge < -0.3 is 14.8 Å². The first-order valence-corrected chi connectivity index (χ1v) is 6.10. The van der Waals surface area contributed by atoms with Crippen molar-refractivity contribution in [2.75, 3.05) is 14.2 Å². The Balaban J connectivity index is 2.24. The number of benzene rings is 1.